The van der Waals surface area contributed by atoms with Gasteiger partial charge < -0.3 is 10.1 Å². The fourth-order valence-corrected chi connectivity index (χ4v) is 3.34. The number of aryl methyl sites for hydroxylation is 1. The summed E-state index contributed by atoms with van der Waals surface area (Å²) >= 11 is 0. The minimum absolute atomic E-state index is 0.0392. The van der Waals surface area contributed by atoms with Crippen molar-refractivity contribution >= 4 is 0 Å². The first kappa shape index (κ1) is 12.8. The summed E-state index contributed by atoms with van der Waals surface area (Å²) in [6.45, 7) is 0. The van der Waals surface area contributed by atoms with E-state index in [0.29, 0.717) is 6.04 Å². The molecule has 1 aliphatic carbocycles. The molecule has 1 N–H and O–H groups in total. The summed E-state index contributed by atoms with van der Waals surface area (Å²) in [6, 6.07) is 8.59. The Morgan fingerprint density at radius 1 is 1.29 bits per heavy atom. The highest BCUT2D eigenvalue weighted by molar-refractivity contribution is 5.38. The molecule has 0 radical (unpaired) electrons. The van der Waals surface area contributed by atoms with Crippen LogP contribution in [0.25, 0.3) is 0 Å². The molecule has 2 unspecified atom stereocenters. The first-order valence-corrected chi connectivity index (χ1v) is 7.62. The van der Waals surface area contributed by atoms with Crippen molar-refractivity contribution in [1.29, 1.82) is 0 Å². The molecule has 2 aliphatic rings. The van der Waals surface area contributed by atoms with Gasteiger partial charge >= 0.3 is 0 Å². The number of rotatable bonds is 2. The van der Waals surface area contributed by atoms with Crippen LogP contribution in [0.1, 0.15) is 47.6 Å². The van der Waals surface area contributed by atoms with Crippen LogP contribution in [0.5, 0.6) is 5.75 Å². The quantitative estimate of drug-likeness (QED) is 0.919. The Kier molecular flexibility index (Phi) is 3.11. The van der Waals surface area contributed by atoms with E-state index in [9.17, 15) is 0 Å². The Morgan fingerprint density at radius 3 is 3.05 bits per heavy atom. The van der Waals surface area contributed by atoms with Gasteiger partial charge in [-0.15, -0.1) is 0 Å². The fourth-order valence-electron chi connectivity index (χ4n) is 3.34. The van der Waals surface area contributed by atoms with E-state index < -0.39 is 0 Å². The van der Waals surface area contributed by atoms with Crippen molar-refractivity contribution in [3.8, 4) is 5.75 Å². The van der Waals surface area contributed by atoms with E-state index in [1.54, 1.807) is 0 Å². The minimum Gasteiger partial charge on any atom is -0.482 e. The maximum atomic E-state index is 6.00. The molecule has 0 bridgehead atoms. The topological polar surface area (TPSA) is 47.0 Å². The molecule has 1 aliphatic heterocycles. The molecule has 0 amide bonds. The van der Waals surface area contributed by atoms with Crippen LogP contribution in [0.4, 0.5) is 0 Å². The average molecular weight is 281 g/mol. The Hall–Kier alpha value is -1.94. The minimum atomic E-state index is -0.0392. The third-order valence-electron chi connectivity index (χ3n) is 4.48. The van der Waals surface area contributed by atoms with Gasteiger partial charge in [0.15, 0.2) is 11.9 Å². The Labute approximate surface area is 124 Å². The number of benzene rings is 1. The first-order chi connectivity index (χ1) is 10.3. The number of para-hydroxylation sites is 1. The van der Waals surface area contributed by atoms with Crippen LogP contribution in [-0.4, -0.2) is 17.0 Å². The lowest BCUT2D eigenvalue weighted by Crippen LogP contribution is -2.24. The van der Waals surface area contributed by atoms with Gasteiger partial charge in [0.1, 0.15) is 5.75 Å². The van der Waals surface area contributed by atoms with Crippen molar-refractivity contribution in [2.24, 2.45) is 0 Å². The first-order valence-electron chi connectivity index (χ1n) is 7.62. The Morgan fingerprint density at radius 2 is 2.19 bits per heavy atom. The van der Waals surface area contributed by atoms with Crippen LogP contribution in [0, 0.1) is 0 Å². The summed E-state index contributed by atoms with van der Waals surface area (Å²) < 4.78 is 6.00. The number of hydrogen-bond acceptors (Lipinski definition) is 4. The molecule has 4 rings (SSSR count). The predicted octanol–water partition coefficient (Wildman–Crippen LogP) is 2.75. The highest BCUT2D eigenvalue weighted by atomic mass is 16.5. The van der Waals surface area contributed by atoms with E-state index in [2.05, 4.69) is 22.4 Å². The van der Waals surface area contributed by atoms with Crippen molar-refractivity contribution in [2.75, 3.05) is 7.05 Å². The summed E-state index contributed by atoms with van der Waals surface area (Å²) in [4.78, 5) is 9.38. The second-order valence-electron chi connectivity index (χ2n) is 5.78. The third-order valence-corrected chi connectivity index (χ3v) is 4.48. The molecular weight excluding hydrogens is 262 g/mol. The largest absolute Gasteiger partial charge is 0.482 e. The van der Waals surface area contributed by atoms with Gasteiger partial charge in [0, 0.05) is 29.9 Å². The molecule has 0 saturated carbocycles. The molecule has 1 aromatic carbocycles. The second kappa shape index (κ2) is 5.11. The smallest absolute Gasteiger partial charge is 0.169 e. The van der Waals surface area contributed by atoms with Gasteiger partial charge in [-0.3, -0.25) is 0 Å². The van der Waals surface area contributed by atoms with Crippen LogP contribution in [0.3, 0.4) is 0 Å². The molecule has 2 atom stereocenters. The zero-order valence-corrected chi connectivity index (χ0v) is 12.2. The van der Waals surface area contributed by atoms with E-state index in [1.165, 1.54) is 23.2 Å². The summed E-state index contributed by atoms with van der Waals surface area (Å²) in [5.41, 5.74) is 3.69. The molecule has 2 heterocycles. The monoisotopic (exact) mass is 281 g/mol. The standard InChI is InChI=1S/C17H19N3O/c1-18-13-6-4-7-14-12(13)10-19-17(20-14)16-9-11-5-2-3-8-15(11)21-16/h2-3,5,8,10,13,16,18H,4,6-7,9H2,1H3. The molecule has 21 heavy (non-hydrogen) atoms. The van der Waals surface area contributed by atoms with Crippen LogP contribution in [0.2, 0.25) is 0 Å². The summed E-state index contributed by atoms with van der Waals surface area (Å²) in [6.07, 6.45) is 6.21. The predicted molar refractivity (Wildman–Crippen MR) is 80.3 cm³/mol. The van der Waals surface area contributed by atoms with Crippen molar-refractivity contribution in [3.05, 3.63) is 53.1 Å². The highest BCUT2D eigenvalue weighted by Gasteiger charge is 2.28. The van der Waals surface area contributed by atoms with E-state index in [1.807, 2.05) is 25.4 Å². The van der Waals surface area contributed by atoms with Crippen LogP contribution >= 0.6 is 0 Å². The average Bonchev–Trinajstić information content (AvgIpc) is 2.97. The maximum Gasteiger partial charge on any atom is 0.169 e. The molecule has 2 aromatic rings. The van der Waals surface area contributed by atoms with Crippen LogP contribution in [-0.2, 0) is 12.8 Å². The van der Waals surface area contributed by atoms with Crippen LogP contribution in [0.15, 0.2) is 30.5 Å². The van der Waals surface area contributed by atoms with Gasteiger partial charge in [-0.2, -0.15) is 0 Å². The van der Waals surface area contributed by atoms with E-state index in [0.717, 1.165) is 30.8 Å². The SMILES string of the molecule is CNC1CCCc2nc(C3Cc4ccccc4O3)ncc21. The zero-order chi connectivity index (χ0) is 14.2. The summed E-state index contributed by atoms with van der Waals surface area (Å²) in [7, 11) is 2.00. The van der Waals surface area contributed by atoms with Crippen molar-refractivity contribution < 1.29 is 4.74 Å². The van der Waals surface area contributed by atoms with Gasteiger partial charge in [-0.25, -0.2) is 9.97 Å². The molecule has 108 valence electrons. The van der Waals surface area contributed by atoms with E-state index in [-0.39, 0.29) is 6.10 Å². The van der Waals surface area contributed by atoms with Crippen molar-refractivity contribution in [1.82, 2.24) is 15.3 Å². The lowest BCUT2D eigenvalue weighted by molar-refractivity contribution is 0.226. The van der Waals surface area contributed by atoms with Gasteiger partial charge in [0.2, 0.25) is 0 Å². The van der Waals surface area contributed by atoms with E-state index >= 15 is 0 Å². The maximum absolute atomic E-state index is 6.00. The lowest BCUT2D eigenvalue weighted by Gasteiger charge is -2.24. The molecular formula is C17H19N3O. The molecule has 4 nitrogen and oxygen atoms in total. The lowest BCUT2D eigenvalue weighted by atomic mass is 9.92. The number of nitrogens with one attached hydrogen (secondary N) is 1. The van der Waals surface area contributed by atoms with Gasteiger partial charge in [-0.1, -0.05) is 18.2 Å². The number of hydrogen-bond donors (Lipinski definition) is 1. The van der Waals surface area contributed by atoms with Gasteiger partial charge in [0.05, 0.1) is 0 Å². The van der Waals surface area contributed by atoms with Crippen LogP contribution < -0.4 is 10.1 Å². The van der Waals surface area contributed by atoms with Crippen molar-refractivity contribution in [3.63, 3.8) is 0 Å². The third kappa shape index (κ3) is 2.20. The molecule has 4 heteroatoms. The highest BCUT2D eigenvalue weighted by Crippen LogP contribution is 2.36. The Bertz CT molecular complexity index is 646. The summed E-state index contributed by atoms with van der Waals surface area (Å²) in [5, 5.41) is 3.35. The fraction of sp³-hybridized carbons (Fsp3) is 0.412. The number of nitrogens with zero attached hydrogens (tertiary/aromatic N) is 2. The van der Waals surface area contributed by atoms with Gasteiger partial charge in [-0.05, 0) is 37.9 Å². The number of aromatic nitrogens is 2. The van der Waals surface area contributed by atoms with Gasteiger partial charge in [0.25, 0.3) is 0 Å². The molecule has 0 spiro atoms. The second-order valence-corrected chi connectivity index (χ2v) is 5.78. The summed E-state index contributed by atoms with van der Waals surface area (Å²) in [5.74, 6) is 1.79. The Balaban J connectivity index is 1.63. The van der Waals surface area contributed by atoms with Crippen molar-refractivity contribution in [2.45, 2.75) is 37.8 Å². The normalized spacial score (nSPS) is 23.3. The number of fused-ring (bicyclic) bond motifs is 2. The number of ether oxygens (including phenoxy) is 1. The zero-order valence-electron chi connectivity index (χ0n) is 12.2. The molecule has 0 fully saturated rings. The molecule has 1 aromatic heterocycles. The van der Waals surface area contributed by atoms with E-state index in [4.69, 9.17) is 9.72 Å². The molecule has 0 saturated heterocycles.